The minimum absolute atomic E-state index is 0.104. The Kier molecular flexibility index (Phi) is 6.49. The van der Waals surface area contributed by atoms with Crippen LogP contribution in [0.25, 0.3) is 0 Å². The Morgan fingerprint density at radius 1 is 1.38 bits per heavy atom. The second-order valence-electron chi connectivity index (χ2n) is 7.98. The molecule has 1 amide bonds. The highest BCUT2D eigenvalue weighted by molar-refractivity contribution is 6.30. The normalized spacial score (nSPS) is 15.8. The summed E-state index contributed by atoms with van der Waals surface area (Å²) in [7, 11) is 0. The molecular formula is C22H27ClN4O2. The summed E-state index contributed by atoms with van der Waals surface area (Å²) < 4.78 is 5.18. The number of piperidine rings is 1. The number of benzene rings is 1. The number of hydrogen-bond acceptors (Lipinski definition) is 5. The van der Waals surface area contributed by atoms with E-state index < -0.39 is 5.41 Å². The number of nitriles is 1. The standard InChI is InChI=1S/C22H27ClN4O2/c1-15-19(16(2)29-26-15)5-4-10-25-21(28)22(3)8-11-27(12-9-22)20-7-6-18(23)13-17(20)14-24/h6-7,13H,4-5,8-12H2,1-3H3,(H,25,28). The van der Waals surface area contributed by atoms with Crippen molar-refractivity contribution in [3.8, 4) is 6.07 Å². The molecule has 1 saturated heterocycles. The smallest absolute Gasteiger partial charge is 0.226 e. The van der Waals surface area contributed by atoms with Gasteiger partial charge in [0, 0.05) is 35.6 Å². The summed E-state index contributed by atoms with van der Waals surface area (Å²) in [5.41, 5.74) is 3.13. The number of halogens is 1. The molecule has 1 aliphatic heterocycles. The van der Waals surface area contributed by atoms with E-state index in [1.165, 1.54) is 0 Å². The molecule has 0 radical (unpaired) electrons. The molecule has 7 heteroatoms. The highest BCUT2D eigenvalue weighted by Gasteiger charge is 2.37. The molecule has 2 heterocycles. The Hall–Kier alpha value is -2.52. The van der Waals surface area contributed by atoms with Gasteiger partial charge in [-0.05, 0) is 57.7 Å². The summed E-state index contributed by atoms with van der Waals surface area (Å²) in [4.78, 5) is 15.0. The van der Waals surface area contributed by atoms with Gasteiger partial charge in [0.2, 0.25) is 5.91 Å². The lowest BCUT2D eigenvalue weighted by atomic mass is 9.79. The predicted molar refractivity (Wildman–Crippen MR) is 113 cm³/mol. The van der Waals surface area contributed by atoms with E-state index in [2.05, 4.69) is 21.4 Å². The zero-order valence-electron chi connectivity index (χ0n) is 17.2. The number of aryl methyl sites for hydroxylation is 2. The maximum absolute atomic E-state index is 12.8. The van der Waals surface area contributed by atoms with Crippen LogP contribution in [0.2, 0.25) is 5.02 Å². The summed E-state index contributed by atoms with van der Waals surface area (Å²) in [6.07, 6.45) is 3.19. The summed E-state index contributed by atoms with van der Waals surface area (Å²) in [5, 5.41) is 17.0. The average molecular weight is 415 g/mol. The predicted octanol–water partition coefficient (Wildman–Crippen LogP) is 4.17. The van der Waals surface area contributed by atoms with Gasteiger partial charge in [0.05, 0.1) is 16.9 Å². The largest absolute Gasteiger partial charge is 0.370 e. The quantitative estimate of drug-likeness (QED) is 0.717. The van der Waals surface area contributed by atoms with E-state index in [1.54, 1.807) is 12.1 Å². The first-order valence-corrected chi connectivity index (χ1v) is 10.4. The molecule has 1 aliphatic rings. The van der Waals surface area contributed by atoms with Crippen LogP contribution < -0.4 is 10.2 Å². The third-order valence-electron chi connectivity index (χ3n) is 5.91. The first kappa shape index (κ1) is 21.2. The summed E-state index contributed by atoms with van der Waals surface area (Å²) in [5.74, 6) is 0.958. The molecule has 1 aromatic carbocycles. The van der Waals surface area contributed by atoms with E-state index in [4.69, 9.17) is 16.1 Å². The lowest BCUT2D eigenvalue weighted by Crippen LogP contribution is -2.47. The van der Waals surface area contributed by atoms with Crippen molar-refractivity contribution in [2.24, 2.45) is 5.41 Å². The van der Waals surface area contributed by atoms with Crippen molar-refractivity contribution in [1.29, 1.82) is 5.26 Å². The average Bonchev–Trinajstić information content (AvgIpc) is 3.03. The van der Waals surface area contributed by atoms with Gasteiger partial charge in [-0.1, -0.05) is 23.7 Å². The van der Waals surface area contributed by atoms with Crippen LogP contribution in [0, 0.1) is 30.6 Å². The van der Waals surface area contributed by atoms with Crippen molar-refractivity contribution in [2.45, 2.75) is 46.5 Å². The Morgan fingerprint density at radius 2 is 2.10 bits per heavy atom. The van der Waals surface area contributed by atoms with Crippen LogP contribution in [0.15, 0.2) is 22.7 Å². The molecule has 2 aromatic rings. The van der Waals surface area contributed by atoms with Gasteiger partial charge in [0.1, 0.15) is 11.8 Å². The topological polar surface area (TPSA) is 82.2 Å². The second-order valence-corrected chi connectivity index (χ2v) is 8.42. The fourth-order valence-corrected chi connectivity index (χ4v) is 4.05. The van der Waals surface area contributed by atoms with Crippen LogP contribution in [0.4, 0.5) is 5.69 Å². The SMILES string of the molecule is Cc1noc(C)c1CCCNC(=O)C1(C)CCN(c2ccc(Cl)cc2C#N)CC1. The molecule has 0 aliphatic carbocycles. The minimum atomic E-state index is -0.390. The van der Waals surface area contributed by atoms with Crippen LogP contribution in [0.5, 0.6) is 0 Å². The first-order valence-electron chi connectivity index (χ1n) is 9.99. The number of hydrogen-bond donors (Lipinski definition) is 1. The number of amides is 1. The Bertz CT molecular complexity index is 904. The molecule has 0 spiro atoms. The lowest BCUT2D eigenvalue weighted by Gasteiger charge is -2.39. The van der Waals surface area contributed by atoms with Gasteiger partial charge < -0.3 is 14.7 Å². The van der Waals surface area contributed by atoms with E-state index in [0.717, 1.165) is 61.5 Å². The third-order valence-corrected chi connectivity index (χ3v) is 6.14. The van der Waals surface area contributed by atoms with Gasteiger partial charge in [-0.3, -0.25) is 4.79 Å². The molecule has 0 saturated carbocycles. The number of carbonyl (C=O) groups is 1. The van der Waals surface area contributed by atoms with E-state index in [0.29, 0.717) is 17.1 Å². The van der Waals surface area contributed by atoms with Crippen molar-refractivity contribution in [2.75, 3.05) is 24.5 Å². The molecule has 154 valence electrons. The molecule has 29 heavy (non-hydrogen) atoms. The zero-order valence-corrected chi connectivity index (χ0v) is 18.0. The van der Waals surface area contributed by atoms with E-state index in [1.807, 2.05) is 26.8 Å². The van der Waals surface area contributed by atoms with Gasteiger partial charge in [-0.2, -0.15) is 5.26 Å². The maximum Gasteiger partial charge on any atom is 0.226 e. The van der Waals surface area contributed by atoms with Crippen molar-refractivity contribution in [3.63, 3.8) is 0 Å². The highest BCUT2D eigenvalue weighted by atomic mass is 35.5. The van der Waals surface area contributed by atoms with E-state index in [9.17, 15) is 10.1 Å². The fourth-order valence-electron chi connectivity index (χ4n) is 3.88. The van der Waals surface area contributed by atoms with Crippen molar-refractivity contribution in [1.82, 2.24) is 10.5 Å². The van der Waals surface area contributed by atoms with Crippen LogP contribution >= 0.6 is 11.6 Å². The van der Waals surface area contributed by atoms with Gasteiger partial charge in [-0.15, -0.1) is 0 Å². The third kappa shape index (κ3) is 4.73. The number of rotatable bonds is 6. The monoisotopic (exact) mass is 414 g/mol. The number of nitrogens with one attached hydrogen (secondary N) is 1. The molecule has 0 unspecified atom stereocenters. The molecular weight excluding hydrogens is 388 g/mol. The molecule has 6 nitrogen and oxygen atoms in total. The van der Waals surface area contributed by atoms with Crippen LogP contribution in [-0.4, -0.2) is 30.7 Å². The van der Waals surface area contributed by atoms with Crippen LogP contribution in [-0.2, 0) is 11.2 Å². The van der Waals surface area contributed by atoms with Gasteiger partial charge in [0.15, 0.2) is 0 Å². The van der Waals surface area contributed by atoms with Crippen LogP contribution in [0.3, 0.4) is 0 Å². The number of anilines is 1. The fraction of sp³-hybridized carbons (Fsp3) is 0.500. The summed E-state index contributed by atoms with van der Waals surface area (Å²) >= 11 is 6.00. The molecule has 1 fully saturated rings. The van der Waals surface area contributed by atoms with Crippen molar-refractivity contribution >= 4 is 23.2 Å². The van der Waals surface area contributed by atoms with Gasteiger partial charge >= 0.3 is 0 Å². The minimum Gasteiger partial charge on any atom is -0.370 e. The van der Waals surface area contributed by atoms with E-state index >= 15 is 0 Å². The van der Waals surface area contributed by atoms with E-state index in [-0.39, 0.29) is 5.91 Å². The molecule has 0 atom stereocenters. The molecule has 1 aromatic heterocycles. The summed E-state index contributed by atoms with van der Waals surface area (Å²) in [6.45, 7) is 8.00. The van der Waals surface area contributed by atoms with Gasteiger partial charge in [-0.25, -0.2) is 0 Å². The Labute approximate surface area is 176 Å². The number of carbonyl (C=O) groups excluding carboxylic acids is 1. The van der Waals surface area contributed by atoms with Crippen molar-refractivity contribution < 1.29 is 9.32 Å². The number of nitrogens with zero attached hydrogens (tertiary/aromatic N) is 3. The first-order chi connectivity index (χ1) is 13.8. The molecule has 0 bridgehead atoms. The maximum atomic E-state index is 12.8. The highest BCUT2D eigenvalue weighted by Crippen LogP contribution is 2.35. The number of aromatic nitrogens is 1. The van der Waals surface area contributed by atoms with Gasteiger partial charge in [0.25, 0.3) is 0 Å². The second kappa shape index (κ2) is 8.87. The van der Waals surface area contributed by atoms with Crippen molar-refractivity contribution in [3.05, 3.63) is 45.8 Å². The lowest BCUT2D eigenvalue weighted by molar-refractivity contribution is -0.131. The zero-order chi connectivity index (χ0) is 21.0. The molecule has 1 N–H and O–H groups in total. The summed E-state index contributed by atoms with van der Waals surface area (Å²) in [6, 6.07) is 7.60. The Morgan fingerprint density at radius 3 is 2.72 bits per heavy atom. The molecule has 3 rings (SSSR count). The Balaban J connectivity index is 1.51. The van der Waals surface area contributed by atoms with Crippen LogP contribution in [0.1, 0.15) is 48.8 Å².